The quantitative estimate of drug-likeness (QED) is 0.678. The second kappa shape index (κ2) is 3.13. The number of aryl methyl sites for hydroxylation is 1. The largest absolute Gasteiger partial charge is 0.390 e. The first-order valence-electron chi connectivity index (χ1n) is 4.70. The Kier molecular flexibility index (Phi) is 2.10. The average Bonchev–Trinajstić information content (AvgIpc) is 2.43. The van der Waals surface area contributed by atoms with Gasteiger partial charge in [-0.15, -0.1) is 0 Å². The van der Waals surface area contributed by atoms with Gasteiger partial charge in [-0.2, -0.15) is 0 Å². The summed E-state index contributed by atoms with van der Waals surface area (Å²) in [6, 6.07) is 5.90. The SMILES string of the molecule is CCc1cccc2c1CC(O)C2O. The Morgan fingerprint density at radius 2 is 2.15 bits per heavy atom. The van der Waals surface area contributed by atoms with E-state index in [-0.39, 0.29) is 0 Å². The average molecular weight is 178 g/mol. The molecule has 2 N–H and O–H groups in total. The van der Waals surface area contributed by atoms with Crippen LogP contribution in [0.3, 0.4) is 0 Å². The molecule has 2 unspecified atom stereocenters. The van der Waals surface area contributed by atoms with E-state index in [1.54, 1.807) is 0 Å². The Labute approximate surface area is 77.8 Å². The fraction of sp³-hybridized carbons (Fsp3) is 0.455. The van der Waals surface area contributed by atoms with Crippen LogP contribution in [0, 0.1) is 0 Å². The van der Waals surface area contributed by atoms with Gasteiger partial charge in [0.15, 0.2) is 0 Å². The van der Waals surface area contributed by atoms with Gasteiger partial charge < -0.3 is 10.2 Å². The highest BCUT2D eigenvalue weighted by atomic mass is 16.3. The normalized spacial score (nSPS) is 26.1. The number of benzene rings is 1. The number of rotatable bonds is 1. The Hall–Kier alpha value is -0.860. The van der Waals surface area contributed by atoms with Gasteiger partial charge in [0.2, 0.25) is 0 Å². The zero-order valence-corrected chi connectivity index (χ0v) is 7.70. The van der Waals surface area contributed by atoms with Crippen molar-refractivity contribution in [2.24, 2.45) is 0 Å². The Bertz CT molecular complexity index is 320. The van der Waals surface area contributed by atoms with Gasteiger partial charge in [-0.05, 0) is 23.1 Å². The van der Waals surface area contributed by atoms with Crippen LogP contribution >= 0.6 is 0 Å². The molecule has 0 bridgehead atoms. The van der Waals surface area contributed by atoms with Crippen LogP contribution in [-0.2, 0) is 12.8 Å². The molecule has 2 atom stereocenters. The van der Waals surface area contributed by atoms with Crippen molar-refractivity contribution in [2.45, 2.75) is 32.0 Å². The highest BCUT2D eigenvalue weighted by Gasteiger charge is 2.30. The predicted octanol–water partition coefficient (Wildman–Crippen LogP) is 1.20. The Morgan fingerprint density at radius 3 is 2.85 bits per heavy atom. The predicted molar refractivity (Wildman–Crippen MR) is 50.5 cm³/mol. The lowest BCUT2D eigenvalue weighted by molar-refractivity contribution is 0.0326. The molecule has 0 saturated carbocycles. The van der Waals surface area contributed by atoms with E-state index >= 15 is 0 Å². The van der Waals surface area contributed by atoms with Gasteiger partial charge in [-0.25, -0.2) is 0 Å². The Balaban J connectivity index is 2.49. The van der Waals surface area contributed by atoms with E-state index in [0.29, 0.717) is 6.42 Å². The van der Waals surface area contributed by atoms with Gasteiger partial charge in [0.1, 0.15) is 6.10 Å². The first-order chi connectivity index (χ1) is 6.24. The molecule has 0 aliphatic heterocycles. The number of fused-ring (bicyclic) bond motifs is 1. The van der Waals surface area contributed by atoms with Crippen LogP contribution in [0.2, 0.25) is 0 Å². The molecular formula is C11H14O2. The van der Waals surface area contributed by atoms with Crippen LogP contribution in [-0.4, -0.2) is 16.3 Å². The van der Waals surface area contributed by atoms with Crippen molar-refractivity contribution in [3.05, 3.63) is 34.9 Å². The van der Waals surface area contributed by atoms with E-state index in [1.165, 1.54) is 5.56 Å². The fourth-order valence-corrected chi connectivity index (χ4v) is 2.04. The number of hydrogen-bond acceptors (Lipinski definition) is 2. The summed E-state index contributed by atoms with van der Waals surface area (Å²) in [4.78, 5) is 0. The zero-order chi connectivity index (χ0) is 9.42. The summed E-state index contributed by atoms with van der Waals surface area (Å²) in [5.74, 6) is 0. The summed E-state index contributed by atoms with van der Waals surface area (Å²) in [5.41, 5.74) is 3.30. The van der Waals surface area contributed by atoms with Crippen molar-refractivity contribution in [3.63, 3.8) is 0 Å². The van der Waals surface area contributed by atoms with Gasteiger partial charge >= 0.3 is 0 Å². The minimum absolute atomic E-state index is 0.598. The van der Waals surface area contributed by atoms with Gasteiger partial charge in [0.25, 0.3) is 0 Å². The van der Waals surface area contributed by atoms with Crippen LogP contribution in [0.1, 0.15) is 29.7 Å². The molecule has 1 aromatic carbocycles. The topological polar surface area (TPSA) is 40.5 Å². The molecule has 1 aromatic rings. The molecule has 2 nitrogen and oxygen atoms in total. The van der Waals surface area contributed by atoms with E-state index in [1.807, 2.05) is 12.1 Å². The van der Waals surface area contributed by atoms with Crippen molar-refractivity contribution in [2.75, 3.05) is 0 Å². The Morgan fingerprint density at radius 1 is 1.38 bits per heavy atom. The third-order valence-electron chi connectivity index (χ3n) is 2.79. The minimum atomic E-state index is -0.679. The second-order valence-corrected chi connectivity index (χ2v) is 3.55. The van der Waals surface area contributed by atoms with Crippen LogP contribution in [0.25, 0.3) is 0 Å². The molecule has 0 spiro atoms. The lowest BCUT2D eigenvalue weighted by Crippen LogP contribution is -2.11. The van der Waals surface area contributed by atoms with Crippen molar-refractivity contribution in [1.29, 1.82) is 0 Å². The molecule has 13 heavy (non-hydrogen) atoms. The fourth-order valence-electron chi connectivity index (χ4n) is 2.04. The summed E-state index contributed by atoms with van der Waals surface area (Å²) in [5, 5.41) is 19.1. The molecule has 2 heteroatoms. The number of hydrogen-bond donors (Lipinski definition) is 2. The smallest absolute Gasteiger partial charge is 0.105 e. The van der Waals surface area contributed by atoms with Gasteiger partial charge in [0, 0.05) is 6.42 Å². The molecule has 0 radical (unpaired) electrons. The monoisotopic (exact) mass is 178 g/mol. The molecule has 1 aliphatic carbocycles. The highest BCUT2D eigenvalue weighted by molar-refractivity contribution is 5.41. The summed E-state index contributed by atoms with van der Waals surface area (Å²) < 4.78 is 0. The van der Waals surface area contributed by atoms with Gasteiger partial charge in [0.05, 0.1) is 6.10 Å². The van der Waals surface area contributed by atoms with Crippen LogP contribution in [0.15, 0.2) is 18.2 Å². The van der Waals surface area contributed by atoms with Crippen molar-refractivity contribution in [3.8, 4) is 0 Å². The molecule has 0 amide bonds. The highest BCUT2D eigenvalue weighted by Crippen LogP contribution is 2.33. The number of aliphatic hydroxyl groups is 2. The molecule has 0 fully saturated rings. The van der Waals surface area contributed by atoms with E-state index in [0.717, 1.165) is 17.5 Å². The zero-order valence-electron chi connectivity index (χ0n) is 7.70. The maximum absolute atomic E-state index is 9.62. The van der Waals surface area contributed by atoms with Crippen LogP contribution < -0.4 is 0 Å². The first kappa shape index (κ1) is 8.73. The lowest BCUT2D eigenvalue weighted by atomic mass is 10.0. The van der Waals surface area contributed by atoms with Crippen molar-refractivity contribution in [1.82, 2.24) is 0 Å². The minimum Gasteiger partial charge on any atom is -0.390 e. The number of aliphatic hydroxyl groups excluding tert-OH is 2. The summed E-state index contributed by atoms with van der Waals surface area (Å²) in [6.45, 7) is 2.09. The molecule has 0 saturated heterocycles. The summed E-state index contributed by atoms with van der Waals surface area (Å²) in [6.07, 6.45) is 0.271. The van der Waals surface area contributed by atoms with Gasteiger partial charge in [-0.3, -0.25) is 0 Å². The third kappa shape index (κ3) is 1.26. The molecule has 70 valence electrons. The van der Waals surface area contributed by atoms with E-state index in [4.69, 9.17) is 0 Å². The van der Waals surface area contributed by atoms with E-state index in [2.05, 4.69) is 13.0 Å². The maximum atomic E-state index is 9.62. The van der Waals surface area contributed by atoms with E-state index in [9.17, 15) is 10.2 Å². The van der Waals surface area contributed by atoms with Crippen molar-refractivity contribution >= 4 is 0 Å². The standard InChI is InChI=1S/C11H14O2/c1-2-7-4-3-5-8-9(7)6-10(12)11(8)13/h3-5,10-13H,2,6H2,1H3. The third-order valence-corrected chi connectivity index (χ3v) is 2.79. The van der Waals surface area contributed by atoms with E-state index < -0.39 is 12.2 Å². The lowest BCUT2D eigenvalue weighted by Gasteiger charge is -2.07. The van der Waals surface area contributed by atoms with Gasteiger partial charge in [-0.1, -0.05) is 25.1 Å². The summed E-state index contributed by atoms with van der Waals surface area (Å²) in [7, 11) is 0. The van der Waals surface area contributed by atoms with Crippen molar-refractivity contribution < 1.29 is 10.2 Å². The maximum Gasteiger partial charge on any atom is 0.105 e. The molecule has 0 aromatic heterocycles. The molecule has 0 heterocycles. The van der Waals surface area contributed by atoms with Crippen LogP contribution in [0.5, 0.6) is 0 Å². The molecule has 2 rings (SSSR count). The van der Waals surface area contributed by atoms with Crippen LogP contribution in [0.4, 0.5) is 0 Å². The summed E-state index contributed by atoms with van der Waals surface area (Å²) >= 11 is 0. The molecular weight excluding hydrogens is 164 g/mol. The second-order valence-electron chi connectivity index (χ2n) is 3.55. The first-order valence-corrected chi connectivity index (χ1v) is 4.70. The molecule has 1 aliphatic rings.